The molecular weight excluding hydrogens is 304 g/mol. The summed E-state index contributed by atoms with van der Waals surface area (Å²) in [5, 5.41) is 2.86. The van der Waals surface area contributed by atoms with Crippen LogP contribution < -0.4 is 15.8 Å². The number of anilines is 1. The first kappa shape index (κ1) is 17.5. The number of hydrogen-bond donors (Lipinski definition) is 2. The minimum atomic E-state index is -0.544. The molecule has 2 aromatic rings. The summed E-state index contributed by atoms with van der Waals surface area (Å²) < 4.78 is 5.16. The molecule has 0 aromatic heterocycles. The zero-order valence-electron chi connectivity index (χ0n) is 13.9. The van der Waals surface area contributed by atoms with Gasteiger partial charge in [-0.25, -0.2) is 0 Å². The summed E-state index contributed by atoms with van der Waals surface area (Å²) in [4.78, 5) is 22.9. The monoisotopic (exact) mass is 326 g/mol. The van der Waals surface area contributed by atoms with Crippen LogP contribution in [0.2, 0.25) is 0 Å². The van der Waals surface area contributed by atoms with Crippen molar-refractivity contribution in [1.29, 1.82) is 0 Å². The van der Waals surface area contributed by atoms with Crippen molar-refractivity contribution in [2.45, 2.75) is 26.2 Å². The Balaban J connectivity index is 1.97. The van der Waals surface area contributed by atoms with Gasteiger partial charge in [0, 0.05) is 11.3 Å². The van der Waals surface area contributed by atoms with E-state index in [4.69, 9.17) is 10.5 Å². The van der Waals surface area contributed by atoms with E-state index in [1.165, 1.54) is 5.56 Å². The standard InChI is InChI=1S/C19H22N2O3/c1-3-13(2)14-4-8-16(9-5-14)21-19(23)15-6-10-17(11-7-15)24-12-18(20)22/h4-11,13H,3,12H2,1-2H3,(H2,20,22)(H,21,23). The van der Waals surface area contributed by atoms with Gasteiger partial charge in [0.2, 0.25) is 0 Å². The van der Waals surface area contributed by atoms with Crippen molar-refractivity contribution in [3.8, 4) is 5.75 Å². The van der Waals surface area contributed by atoms with Gasteiger partial charge in [-0.1, -0.05) is 26.0 Å². The number of rotatable bonds is 7. The van der Waals surface area contributed by atoms with Crippen LogP contribution in [-0.4, -0.2) is 18.4 Å². The molecule has 0 bridgehead atoms. The Hall–Kier alpha value is -2.82. The Morgan fingerprint density at radius 1 is 1.08 bits per heavy atom. The lowest BCUT2D eigenvalue weighted by Crippen LogP contribution is -2.20. The molecule has 0 spiro atoms. The highest BCUT2D eigenvalue weighted by Gasteiger charge is 2.08. The molecule has 1 unspecified atom stereocenters. The van der Waals surface area contributed by atoms with Crippen molar-refractivity contribution in [3.05, 3.63) is 59.7 Å². The van der Waals surface area contributed by atoms with E-state index in [1.54, 1.807) is 24.3 Å². The summed E-state index contributed by atoms with van der Waals surface area (Å²) in [6.45, 7) is 4.14. The van der Waals surface area contributed by atoms with Gasteiger partial charge in [-0.05, 0) is 54.3 Å². The van der Waals surface area contributed by atoms with E-state index in [2.05, 4.69) is 19.2 Å². The summed E-state index contributed by atoms with van der Waals surface area (Å²) in [5.41, 5.74) is 7.53. The van der Waals surface area contributed by atoms with E-state index in [0.717, 1.165) is 12.1 Å². The van der Waals surface area contributed by atoms with Crippen molar-refractivity contribution >= 4 is 17.5 Å². The molecule has 0 aliphatic carbocycles. The maximum absolute atomic E-state index is 12.2. The molecule has 0 radical (unpaired) electrons. The van der Waals surface area contributed by atoms with Gasteiger partial charge in [0.1, 0.15) is 5.75 Å². The molecule has 0 aliphatic rings. The number of hydrogen-bond acceptors (Lipinski definition) is 3. The zero-order chi connectivity index (χ0) is 17.5. The zero-order valence-corrected chi connectivity index (χ0v) is 13.9. The first-order valence-corrected chi connectivity index (χ1v) is 7.92. The molecule has 0 saturated heterocycles. The summed E-state index contributed by atoms with van der Waals surface area (Å²) in [6, 6.07) is 14.4. The largest absolute Gasteiger partial charge is 0.484 e. The van der Waals surface area contributed by atoms with E-state index in [-0.39, 0.29) is 12.5 Å². The van der Waals surface area contributed by atoms with Gasteiger partial charge in [0.25, 0.3) is 11.8 Å². The third-order valence-corrected chi connectivity index (χ3v) is 3.85. The Morgan fingerprint density at radius 2 is 1.71 bits per heavy atom. The average molecular weight is 326 g/mol. The maximum Gasteiger partial charge on any atom is 0.255 e. The second-order valence-electron chi connectivity index (χ2n) is 5.66. The van der Waals surface area contributed by atoms with E-state index < -0.39 is 5.91 Å². The summed E-state index contributed by atoms with van der Waals surface area (Å²) in [5.74, 6) is 0.247. The van der Waals surface area contributed by atoms with Crippen molar-refractivity contribution < 1.29 is 14.3 Å². The summed E-state index contributed by atoms with van der Waals surface area (Å²) in [7, 11) is 0. The van der Waals surface area contributed by atoms with Gasteiger partial charge < -0.3 is 15.8 Å². The minimum absolute atomic E-state index is 0.186. The third kappa shape index (κ3) is 4.84. The van der Waals surface area contributed by atoms with Crippen LogP contribution in [0.3, 0.4) is 0 Å². The molecule has 5 heteroatoms. The number of benzene rings is 2. The first-order chi connectivity index (χ1) is 11.5. The highest BCUT2D eigenvalue weighted by molar-refractivity contribution is 6.04. The predicted molar refractivity (Wildman–Crippen MR) is 94.2 cm³/mol. The lowest BCUT2D eigenvalue weighted by molar-refractivity contribution is -0.119. The number of carbonyl (C=O) groups excluding carboxylic acids is 2. The normalized spacial score (nSPS) is 11.6. The Kier molecular flexibility index (Phi) is 5.95. The number of ether oxygens (including phenoxy) is 1. The van der Waals surface area contributed by atoms with Gasteiger partial charge >= 0.3 is 0 Å². The smallest absolute Gasteiger partial charge is 0.255 e. The van der Waals surface area contributed by atoms with Crippen molar-refractivity contribution in [3.63, 3.8) is 0 Å². The van der Waals surface area contributed by atoms with Crippen LogP contribution in [0.25, 0.3) is 0 Å². The summed E-state index contributed by atoms with van der Waals surface area (Å²) in [6.07, 6.45) is 1.08. The fourth-order valence-corrected chi connectivity index (χ4v) is 2.19. The number of carbonyl (C=O) groups is 2. The van der Waals surface area contributed by atoms with Crippen LogP contribution in [0.4, 0.5) is 5.69 Å². The number of primary amides is 1. The SMILES string of the molecule is CCC(C)c1ccc(NC(=O)c2ccc(OCC(N)=O)cc2)cc1. The van der Waals surface area contributed by atoms with E-state index in [9.17, 15) is 9.59 Å². The quantitative estimate of drug-likeness (QED) is 0.819. The minimum Gasteiger partial charge on any atom is -0.484 e. The topological polar surface area (TPSA) is 81.4 Å². The molecule has 126 valence electrons. The van der Waals surface area contributed by atoms with Crippen molar-refractivity contribution in [1.82, 2.24) is 0 Å². The molecule has 3 N–H and O–H groups in total. The van der Waals surface area contributed by atoms with Crippen LogP contribution in [0.15, 0.2) is 48.5 Å². The molecule has 2 rings (SSSR count). The molecular formula is C19H22N2O3. The number of nitrogens with two attached hydrogens (primary N) is 1. The lowest BCUT2D eigenvalue weighted by atomic mass is 9.98. The van der Waals surface area contributed by atoms with Gasteiger partial charge in [-0.3, -0.25) is 9.59 Å². The van der Waals surface area contributed by atoms with Crippen LogP contribution in [0, 0.1) is 0 Å². The summed E-state index contributed by atoms with van der Waals surface area (Å²) >= 11 is 0. The van der Waals surface area contributed by atoms with E-state index in [0.29, 0.717) is 17.2 Å². The molecule has 0 heterocycles. The number of amides is 2. The van der Waals surface area contributed by atoms with Crippen molar-refractivity contribution in [2.75, 3.05) is 11.9 Å². The second-order valence-corrected chi connectivity index (χ2v) is 5.66. The molecule has 2 amide bonds. The highest BCUT2D eigenvalue weighted by Crippen LogP contribution is 2.21. The predicted octanol–water partition coefficient (Wildman–Crippen LogP) is 3.32. The Morgan fingerprint density at radius 3 is 2.25 bits per heavy atom. The van der Waals surface area contributed by atoms with E-state index >= 15 is 0 Å². The first-order valence-electron chi connectivity index (χ1n) is 7.92. The maximum atomic E-state index is 12.2. The average Bonchev–Trinajstić information content (AvgIpc) is 2.60. The van der Waals surface area contributed by atoms with Gasteiger partial charge in [0.15, 0.2) is 6.61 Å². The molecule has 1 atom stereocenters. The third-order valence-electron chi connectivity index (χ3n) is 3.85. The van der Waals surface area contributed by atoms with Gasteiger partial charge in [0.05, 0.1) is 0 Å². The molecule has 5 nitrogen and oxygen atoms in total. The lowest BCUT2D eigenvalue weighted by Gasteiger charge is -2.11. The molecule has 0 fully saturated rings. The van der Waals surface area contributed by atoms with Crippen LogP contribution >= 0.6 is 0 Å². The highest BCUT2D eigenvalue weighted by atomic mass is 16.5. The van der Waals surface area contributed by atoms with Crippen LogP contribution in [0.5, 0.6) is 5.75 Å². The fraction of sp³-hybridized carbons (Fsp3) is 0.263. The molecule has 0 saturated carbocycles. The van der Waals surface area contributed by atoms with Gasteiger partial charge in [-0.15, -0.1) is 0 Å². The van der Waals surface area contributed by atoms with Crippen molar-refractivity contribution in [2.24, 2.45) is 5.73 Å². The number of nitrogens with one attached hydrogen (secondary N) is 1. The Bertz CT molecular complexity index is 694. The Labute approximate surface area is 141 Å². The van der Waals surface area contributed by atoms with Crippen LogP contribution in [0.1, 0.15) is 42.1 Å². The molecule has 2 aromatic carbocycles. The van der Waals surface area contributed by atoms with E-state index in [1.807, 2.05) is 24.3 Å². The molecule has 24 heavy (non-hydrogen) atoms. The molecule has 0 aliphatic heterocycles. The second kappa shape index (κ2) is 8.15. The van der Waals surface area contributed by atoms with Crippen LogP contribution in [-0.2, 0) is 4.79 Å². The fourth-order valence-electron chi connectivity index (χ4n) is 2.19. The van der Waals surface area contributed by atoms with Gasteiger partial charge in [-0.2, -0.15) is 0 Å².